The summed E-state index contributed by atoms with van der Waals surface area (Å²) in [6.07, 6.45) is 1.08. The molecule has 2 rings (SSSR count). The van der Waals surface area contributed by atoms with Gasteiger partial charge in [-0.15, -0.1) is 5.10 Å². The van der Waals surface area contributed by atoms with Gasteiger partial charge in [-0.3, -0.25) is 9.76 Å². The van der Waals surface area contributed by atoms with Gasteiger partial charge in [0.2, 0.25) is 11.7 Å². The summed E-state index contributed by atoms with van der Waals surface area (Å²) in [5, 5.41) is 42.5. The third-order valence-corrected chi connectivity index (χ3v) is 3.82. The standard InChI is InChI=1S/C8H10N4O4.C7H8O3S/c9-8(12-16)11-10-3-4-1-2-5(13)7(15)6(4)14;1-6-2-4-7(5-3-6)11(8,9)10/h1-3,13-16H,(H3,9,11,12);2-5H,1H3,(H,8,9,10)/b10-3-;. The van der Waals surface area contributed by atoms with E-state index in [2.05, 4.69) is 10.2 Å². The minimum absolute atomic E-state index is 0.0666. The molecule has 2 aromatic rings. The van der Waals surface area contributed by atoms with Gasteiger partial charge < -0.3 is 21.1 Å². The third kappa shape index (κ3) is 6.81. The van der Waals surface area contributed by atoms with Gasteiger partial charge in [0.15, 0.2) is 11.5 Å². The molecule has 0 bridgehead atoms. The van der Waals surface area contributed by atoms with Crippen LogP contribution < -0.4 is 11.2 Å². The van der Waals surface area contributed by atoms with E-state index in [1.54, 1.807) is 17.6 Å². The molecule has 0 aliphatic carbocycles. The summed E-state index contributed by atoms with van der Waals surface area (Å²) >= 11 is 0. The van der Waals surface area contributed by atoms with E-state index in [1.165, 1.54) is 24.3 Å². The van der Waals surface area contributed by atoms with Crippen LogP contribution in [0.5, 0.6) is 17.2 Å². The molecule has 0 amide bonds. The first-order valence-corrected chi connectivity index (χ1v) is 8.55. The number of aromatic hydroxyl groups is 3. The van der Waals surface area contributed by atoms with E-state index >= 15 is 0 Å². The number of guanidine groups is 1. The molecule has 0 radical (unpaired) electrons. The molecule has 2 aromatic carbocycles. The molecule has 0 unspecified atom stereocenters. The second-order valence-corrected chi connectivity index (χ2v) is 6.42. The second-order valence-electron chi connectivity index (χ2n) is 5.00. The molecule has 11 nitrogen and oxygen atoms in total. The lowest BCUT2D eigenvalue weighted by Gasteiger charge is -2.02. The van der Waals surface area contributed by atoms with Crippen LogP contribution in [0.2, 0.25) is 0 Å². The van der Waals surface area contributed by atoms with E-state index < -0.39 is 27.4 Å². The number of hydroxylamine groups is 1. The number of nitrogens with one attached hydrogen (secondary N) is 1. The molecular weight excluding hydrogens is 380 g/mol. The van der Waals surface area contributed by atoms with Gasteiger partial charge in [0.05, 0.1) is 11.1 Å². The molecule has 0 spiro atoms. The SMILES string of the molecule is Cc1ccc(S(=O)(=O)O)cc1.N/C(=N\N=C/c1ccc(O)c(O)c1O)NO. The van der Waals surface area contributed by atoms with Gasteiger partial charge in [-0.25, -0.2) is 5.48 Å². The van der Waals surface area contributed by atoms with Crippen molar-refractivity contribution < 1.29 is 33.5 Å². The summed E-state index contributed by atoms with van der Waals surface area (Å²) in [4.78, 5) is -0.0666. The summed E-state index contributed by atoms with van der Waals surface area (Å²) in [5.74, 6) is -1.97. The Balaban J connectivity index is 0.000000289. The van der Waals surface area contributed by atoms with Gasteiger partial charge in [0, 0.05) is 5.56 Å². The largest absolute Gasteiger partial charge is 0.504 e. The predicted octanol–water partition coefficient (Wildman–Crippen LogP) is 0.673. The molecule has 0 aromatic heterocycles. The van der Waals surface area contributed by atoms with E-state index in [0.29, 0.717) is 0 Å². The lowest BCUT2D eigenvalue weighted by molar-refractivity contribution is 0.232. The van der Waals surface area contributed by atoms with E-state index in [0.717, 1.165) is 11.8 Å². The number of phenols is 3. The Morgan fingerprint density at radius 1 is 1.07 bits per heavy atom. The molecule has 0 saturated carbocycles. The van der Waals surface area contributed by atoms with Gasteiger partial charge in [-0.1, -0.05) is 17.7 Å². The molecule has 12 heteroatoms. The smallest absolute Gasteiger partial charge is 0.294 e. The van der Waals surface area contributed by atoms with E-state index in [-0.39, 0.29) is 16.4 Å². The van der Waals surface area contributed by atoms with Crippen LogP contribution in [0.4, 0.5) is 0 Å². The van der Waals surface area contributed by atoms with Gasteiger partial charge >= 0.3 is 0 Å². The summed E-state index contributed by atoms with van der Waals surface area (Å²) in [7, 11) is -4.02. The molecule has 146 valence electrons. The highest BCUT2D eigenvalue weighted by molar-refractivity contribution is 7.85. The highest BCUT2D eigenvalue weighted by Crippen LogP contribution is 2.36. The van der Waals surface area contributed by atoms with Gasteiger partial charge in [0.1, 0.15) is 0 Å². The maximum Gasteiger partial charge on any atom is 0.294 e. The lowest BCUT2D eigenvalue weighted by atomic mass is 10.2. The second kappa shape index (κ2) is 9.38. The van der Waals surface area contributed by atoms with Crippen LogP contribution in [0.15, 0.2) is 51.5 Å². The first kappa shape index (κ1) is 21.7. The molecule has 0 aliphatic rings. The number of aryl methyl sites for hydroxylation is 1. The van der Waals surface area contributed by atoms with E-state index in [9.17, 15) is 13.5 Å². The van der Waals surface area contributed by atoms with Crippen molar-refractivity contribution in [3.8, 4) is 17.2 Å². The van der Waals surface area contributed by atoms with Crippen LogP contribution >= 0.6 is 0 Å². The van der Waals surface area contributed by atoms with Gasteiger partial charge in [-0.2, -0.15) is 13.5 Å². The Morgan fingerprint density at radius 2 is 1.67 bits per heavy atom. The first-order chi connectivity index (χ1) is 12.6. The summed E-state index contributed by atoms with van der Waals surface area (Å²) in [6, 6.07) is 8.47. The maximum absolute atomic E-state index is 10.5. The van der Waals surface area contributed by atoms with Crippen molar-refractivity contribution in [2.45, 2.75) is 11.8 Å². The first-order valence-electron chi connectivity index (χ1n) is 7.11. The van der Waals surface area contributed by atoms with Crippen LogP contribution in [0.1, 0.15) is 11.1 Å². The highest BCUT2D eigenvalue weighted by Gasteiger charge is 2.09. The Bertz CT molecular complexity index is 941. The van der Waals surface area contributed by atoms with Crippen molar-refractivity contribution in [3.05, 3.63) is 47.5 Å². The Labute approximate surface area is 154 Å². The molecule has 0 saturated heterocycles. The molecule has 0 fully saturated rings. The fraction of sp³-hybridized carbons (Fsp3) is 0.0667. The van der Waals surface area contributed by atoms with Gasteiger partial charge in [0.25, 0.3) is 10.1 Å². The van der Waals surface area contributed by atoms with Crippen molar-refractivity contribution in [1.82, 2.24) is 5.48 Å². The van der Waals surface area contributed by atoms with Crippen molar-refractivity contribution in [3.63, 3.8) is 0 Å². The van der Waals surface area contributed by atoms with E-state index in [1.807, 2.05) is 6.92 Å². The fourth-order valence-corrected chi connectivity index (χ4v) is 2.05. The predicted molar refractivity (Wildman–Crippen MR) is 96.6 cm³/mol. The molecular formula is C15H18N4O7S. The zero-order valence-corrected chi connectivity index (χ0v) is 14.8. The number of rotatable bonds is 3. The number of nitrogens with zero attached hydrogens (tertiary/aromatic N) is 2. The highest BCUT2D eigenvalue weighted by atomic mass is 32.2. The maximum atomic E-state index is 10.5. The minimum Gasteiger partial charge on any atom is -0.504 e. The molecule has 0 aliphatic heterocycles. The zero-order chi connectivity index (χ0) is 20.6. The number of hydrogen-bond acceptors (Lipinski definition) is 8. The average Bonchev–Trinajstić information content (AvgIpc) is 2.61. The average molecular weight is 398 g/mol. The van der Waals surface area contributed by atoms with Crippen molar-refractivity contribution in [2.24, 2.45) is 15.9 Å². The van der Waals surface area contributed by atoms with Crippen molar-refractivity contribution in [2.75, 3.05) is 0 Å². The number of nitrogens with two attached hydrogens (primary N) is 1. The molecule has 0 atom stereocenters. The zero-order valence-electron chi connectivity index (χ0n) is 14.0. The van der Waals surface area contributed by atoms with Crippen LogP contribution in [-0.4, -0.2) is 45.7 Å². The normalized spacial score (nSPS) is 11.7. The Kier molecular flexibility index (Phi) is 7.53. The number of benzene rings is 2. The Hall–Kier alpha value is -3.35. The third-order valence-electron chi connectivity index (χ3n) is 2.96. The van der Waals surface area contributed by atoms with Crippen LogP contribution in [0.3, 0.4) is 0 Å². The Morgan fingerprint density at radius 3 is 2.19 bits per heavy atom. The van der Waals surface area contributed by atoms with Crippen LogP contribution in [0.25, 0.3) is 0 Å². The summed E-state index contributed by atoms with van der Waals surface area (Å²) in [5.41, 5.74) is 7.69. The van der Waals surface area contributed by atoms with Crippen LogP contribution in [-0.2, 0) is 10.1 Å². The molecule has 0 heterocycles. The van der Waals surface area contributed by atoms with Crippen molar-refractivity contribution >= 4 is 22.3 Å². The van der Waals surface area contributed by atoms with E-state index in [4.69, 9.17) is 25.7 Å². The monoisotopic (exact) mass is 398 g/mol. The van der Waals surface area contributed by atoms with Crippen LogP contribution in [0, 0.1) is 6.92 Å². The lowest BCUT2D eigenvalue weighted by Crippen LogP contribution is -2.27. The van der Waals surface area contributed by atoms with Gasteiger partial charge in [-0.05, 0) is 31.2 Å². The number of phenolic OH excluding ortho intramolecular Hbond substituents is 3. The topological polar surface area (TPSA) is 198 Å². The molecule has 27 heavy (non-hydrogen) atoms. The summed E-state index contributed by atoms with van der Waals surface area (Å²) in [6.45, 7) is 1.84. The minimum atomic E-state index is -4.02. The van der Waals surface area contributed by atoms with Crippen molar-refractivity contribution in [1.29, 1.82) is 0 Å². The molecule has 8 N–H and O–H groups in total. The fourth-order valence-electron chi connectivity index (χ4n) is 1.57. The summed E-state index contributed by atoms with van der Waals surface area (Å²) < 4.78 is 29.6. The number of hydrogen-bond donors (Lipinski definition) is 7. The quantitative estimate of drug-likeness (QED) is 0.128.